The molecule has 0 saturated carbocycles. The zero-order chi connectivity index (χ0) is 10.4. The maximum atomic E-state index is 4.26. The number of pyridine rings is 1. The molecule has 0 saturated heterocycles. The van der Waals surface area contributed by atoms with Crippen molar-refractivity contribution in [2.24, 2.45) is 0 Å². The third-order valence-corrected chi connectivity index (χ3v) is 1.98. The van der Waals surface area contributed by atoms with Gasteiger partial charge in [0, 0.05) is 11.9 Å². The van der Waals surface area contributed by atoms with Gasteiger partial charge in [0.2, 0.25) is 0 Å². The zero-order valence-electron chi connectivity index (χ0n) is 9.68. The molecule has 13 heavy (non-hydrogen) atoms. The summed E-state index contributed by atoms with van der Waals surface area (Å²) in [5.74, 6) is 0.587. The third-order valence-electron chi connectivity index (χ3n) is 1.98. The van der Waals surface area contributed by atoms with Crippen molar-refractivity contribution in [3.63, 3.8) is 0 Å². The van der Waals surface area contributed by atoms with Gasteiger partial charge in [-0.3, -0.25) is 4.98 Å². The maximum absolute atomic E-state index is 4.26. The fourth-order valence-corrected chi connectivity index (χ4v) is 1.58. The van der Waals surface area contributed by atoms with E-state index in [1.807, 2.05) is 20.0 Å². The highest BCUT2D eigenvalue weighted by Crippen LogP contribution is 2.20. The van der Waals surface area contributed by atoms with E-state index in [0.717, 1.165) is 0 Å². The van der Waals surface area contributed by atoms with Crippen LogP contribution in [-0.4, -0.2) is 4.98 Å². The summed E-state index contributed by atoms with van der Waals surface area (Å²) >= 11 is 0. The average molecular weight is 179 g/mol. The predicted octanol–water partition coefficient (Wildman–Crippen LogP) is 3.85. The molecule has 0 aliphatic heterocycles. The van der Waals surface area contributed by atoms with Crippen LogP contribution in [-0.2, 0) is 0 Å². The third kappa shape index (κ3) is 3.17. The molecule has 0 bridgehead atoms. The van der Waals surface area contributed by atoms with E-state index in [1.165, 1.54) is 16.8 Å². The Morgan fingerprint density at radius 1 is 1.15 bits per heavy atom. The Labute approximate surface area is 82.2 Å². The highest BCUT2D eigenvalue weighted by atomic mass is 14.7. The van der Waals surface area contributed by atoms with E-state index in [9.17, 15) is 0 Å². The van der Waals surface area contributed by atoms with Gasteiger partial charge in [-0.05, 0) is 37.0 Å². The average Bonchev–Trinajstić information content (AvgIpc) is 2.07. The second kappa shape index (κ2) is 5.74. The molecule has 1 aromatic rings. The Balaban J connectivity index is 0.000000671. The van der Waals surface area contributed by atoms with Crippen LogP contribution in [0.15, 0.2) is 12.3 Å². The van der Waals surface area contributed by atoms with E-state index in [1.54, 1.807) is 0 Å². The van der Waals surface area contributed by atoms with Crippen LogP contribution in [0.1, 0.15) is 50.4 Å². The topological polar surface area (TPSA) is 12.9 Å². The summed E-state index contributed by atoms with van der Waals surface area (Å²) in [6.07, 6.45) is 1.87. The first-order chi connectivity index (χ1) is 6.13. The minimum atomic E-state index is 0.587. The second-order valence-electron chi connectivity index (χ2n) is 3.28. The second-order valence-corrected chi connectivity index (χ2v) is 3.28. The van der Waals surface area contributed by atoms with E-state index in [-0.39, 0.29) is 0 Å². The summed E-state index contributed by atoms with van der Waals surface area (Å²) in [7, 11) is 0. The van der Waals surface area contributed by atoms with Gasteiger partial charge in [-0.1, -0.05) is 27.7 Å². The lowest BCUT2D eigenvalue weighted by Crippen LogP contribution is -1.97. The monoisotopic (exact) mass is 179 g/mol. The SMILES string of the molecule is CC.Cc1ccnc(C)c1C(C)C. The van der Waals surface area contributed by atoms with Crippen molar-refractivity contribution in [3.05, 3.63) is 29.1 Å². The van der Waals surface area contributed by atoms with Gasteiger partial charge in [0.25, 0.3) is 0 Å². The van der Waals surface area contributed by atoms with Gasteiger partial charge in [0.1, 0.15) is 0 Å². The smallest absolute Gasteiger partial charge is 0.0409 e. The molecule has 1 heteroatoms. The Kier molecular flexibility index (Phi) is 5.36. The molecular weight excluding hydrogens is 158 g/mol. The highest BCUT2D eigenvalue weighted by Gasteiger charge is 2.05. The number of nitrogens with zero attached hydrogens (tertiary/aromatic N) is 1. The molecular formula is C12H21N. The lowest BCUT2D eigenvalue weighted by atomic mass is 9.97. The fraction of sp³-hybridized carbons (Fsp3) is 0.583. The minimum Gasteiger partial charge on any atom is -0.261 e. The van der Waals surface area contributed by atoms with Crippen molar-refractivity contribution in [2.75, 3.05) is 0 Å². The molecule has 1 aromatic heterocycles. The number of rotatable bonds is 1. The van der Waals surface area contributed by atoms with Crippen LogP contribution in [0.3, 0.4) is 0 Å². The van der Waals surface area contributed by atoms with E-state index in [4.69, 9.17) is 0 Å². The summed E-state index contributed by atoms with van der Waals surface area (Å²) in [4.78, 5) is 4.26. The molecule has 0 unspecified atom stereocenters. The van der Waals surface area contributed by atoms with Gasteiger partial charge in [-0.15, -0.1) is 0 Å². The van der Waals surface area contributed by atoms with Crippen molar-refractivity contribution >= 4 is 0 Å². The van der Waals surface area contributed by atoms with Gasteiger partial charge >= 0.3 is 0 Å². The standard InChI is InChI=1S/C10H15N.C2H6/c1-7(2)10-8(3)5-6-11-9(10)4;1-2/h5-7H,1-4H3;1-2H3. The van der Waals surface area contributed by atoms with E-state index < -0.39 is 0 Å². The molecule has 0 aromatic carbocycles. The number of aryl methyl sites for hydroxylation is 2. The van der Waals surface area contributed by atoms with Crippen LogP contribution < -0.4 is 0 Å². The van der Waals surface area contributed by atoms with Crippen LogP contribution in [0.25, 0.3) is 0 Å². The largest absolute Gasteiger partial charge is 0.261 e. The first kappa shape index (κ1) is 12.2. The van der Waals surface area contributed by atoms with Gasteiger partial charge in [0.05, 0.1) is 0 Å². The normalized spacial score (nSPS) is 9.46. The highest BCUT2D eigenvalue weighted by molar-refractivity contribution is 5.30. The van der Waals surface area contributed by atoms with Gasteiger partial charge in [0.15, 0.2) is 0 Å². The van der Waals surface area contributed by atoms with Gasteiger partial charge in [-0.25, -0.2) is 0 Å². The minimum absolute atomic E-state index is 0.587. The zero-order valence-corrected chi connectivity index (χ0v) is 9.68. The molecule has 1 rings (SSSR count). The van der Waals surface area contributed by atoms with E-state index in [2.05, 4.69) is 38.7 Å². The maximum Gasteiger partial charge on any atom is 0.0409 e. The van der Waals surface area contributed by atoms with Crippen LogP contribution in [0.2, 0.25) is 0 Å². The number of hydrogen-bond donors (Lipinski definition) is 0. The molecule has 1 heterocycles. The molecule has 0 fully saturated rings. The molecule has 0 spiro atoms. The summed E-state index contributed by atoms with van der Waals surface area (Å²) in [5, 5.41) is 0. The molecule has 0 aliphatic rings. The van der Waals surface area contributed by atoms with E-state index >= 15 is 0 Å². The lowest BCUT2D eigenvalue weighted by Gasteiger charge is -2.11. The number of aromatic nitrogens is 1. The molecule has 0 atom stereocenters. The number of hydrogen-bond acceptors (Lipinski definition) is 1. The molecule has 0 N–H and O–H groups in total. The van der Waals surface area contributed by atoms with Gasteiger partial charge < -0.3 is 0 Å². The Morgan fingerprint density at radius 2 is 1.69 bits per heavy atom. The molecule has 0 amide bonds. The quantitative estimate of drug-likeness (QED) is 0.638. The summed E-state index contributed by atoms with van der Waals surface area (Å²) in [5.41, 5.74) is 3.92. The van der Waals surface area contributed by atoms with Crippen molar-refractivity contribution in [1.29, 1.82) is 0 Å². The molecule has 1 nitrogen and oxygen atoms in total. The van der Waals surface area contributed by atoms with Crippen LogP contribution in [0.4, 0.5) is 0 Å². The van der Waals surface area contributed by atoms with Crippen LogP contribution >= 0.6 is 0 Å². The molecule has 74 valence electrons. The summed E-state index contributed by atoms with van der Waals surface area (Å²) < 4.78 is 0. The Morgan fingerprint density at radius 3 is 2.00 bits per heavy atom. The van der Waals surface area contributed by atoms with E-state index in [0.29, 0.717) is 5.92 Å². The van der Waals surface area contributed by atoms with Crippen LogP contribution in [0, 0.1) is 13.8 Å². The molecule has 0 aliphatic carbocycles. The first-order valence-electron chi connectivity index (χ1n) is 5.05. The van der Waals surface area contributed by atoms with Crippen molar-refractivity contribution in [1.82, 2.24) is 4.98 Å². The fourth-order valence-electron chi connectivity index (χ4n) is 1.58. The molecule has 0 radical (unpaired) electrons. The van der Waals surface area contributed by atoms with Crippen molar-refractivity contribution in [2.45, 2.75) is 47.5 Å². The lowest BCUT2D eigenvalue weighted by molar-refractivity contribution is 0.832. The Bertz CT molecular complexity index is 231. The van der Waals surface area contributed by atoms with Crippen LogP contribution in [0.5, 0.6) is 0 Å². The summed E-state index contributed by atoms with van der Waals surface area (Å²) in [6, 6.07) is 2.07. The summed E-state index contributed by atoms with van der Waals surface area (Å²) in [6.45, 7) is 12.6. The van der Waals surface area contributed by atoms with Gasteiger partial charge in [-0.2, -0.15) is 0 Å². The van der Waals surface area contributed by atoms with Crippen molar-refractivity contribution < 1.29 is 0 Å². The first-order valence-corrected chi connectivity index (χ1v) is 5.05. The Hall–Kier alpha value is -0.850. The van der Waals surface area contributed by atoms with Crippen molar-refractivity contribution in [3.8, 4) is 0 Å². The predicted molar refractivity (Wildman–Crippen MR) is 59.1 cm³/mol.